The topological polar surface area (TPSA) is 74.9 Å². The van der Waals surface area contributed by atoms with Gasteiger partial charge in [-0.3, -0.25) is 0 Å². The summed E-state index contributed by atoms with van der Waals surface area (Å²) < 4.78 is 11.0. The van der Waals surface area contributed by atoms with Crippen LogP contribution in [-0.2, 0) is 17.7 Å². The zero-order valence-corrected chi connectivity index (χ0v) is 14.9. The van der Waals surface area contributed by atoms with Crippen molar-refractivity contribution in [3.63, 3.8) is 0 Å². The minimum absolute atomic E-state index is 0.247. The molecule has 1 atom stereocenters. The first kappa shape index (κ1) is 19.5. The molecule has 6 nitrogen and oxygen atoms in total. The highest BCUT2D eigenvalue weighted by molar-refractivity contribution is 5.68. The maximum atomic E-state index is 12.1. The van der Waals surface area contributed by atoms with Gasteiger partial charge in [-0.05, 0) is 39.8 Å². The van der Waals surface area contributed by atoms with Crippen LogP contribution in [-0.4, -0.2) is 47.4 Å². The van der Waals surface area contributed by atoms with Crippen molar-refractivity contribution in [1.82, 2.24) is 10.2 Å². The molecule has 132 valence electrons. The van der Waals surface area contributed by atoms with Gasteiger partial charge in [0.25, 0.3) is 0 Å². The summed E-state index contributed by atoms with van der Waals surface area (Å²) in [5.74, 6) is 1.84. The number of hydrogen-bond acceptors (Lipinski definition) is 5. The van der Waals surface area contributed by atoms with Gasteiger partial charge in [-0.1, -0.05) is 6.92 Å². The largest absolute Gasteiger partial charge is 0.465 e. The number of hydrogen-bond donors (Lipinski definition) is 2. The molecule has 0 aromatic carbocycles. The number of aliphatic hydroxyl groups excluding tert-OH is 1. The maximum absolute atomic E-state index is 12.1. The Hall–Kier alpha value is -1.53. The van der Waals surface area contributed by atoms with E-state index >= 15 is 0 Å². The van der Waals surface area contributed by atoms with E-state index < -0.39 is 17.8 Å². The molecule has 6 heteroatoms. The van der Waals surface area contributed by atoms with Crippen LogP contribution >= 0.6 is 0 Å². The quantitative estimate of drug-likeness (QED) is 0.718. The molecule has 0 fully saturated rings. The van der Waals surface area contributed by atoms with E-state index in [1.54, 1.807) is 6.92 Å². The van der Waals surface area contributed by atoms with Crippen molar-refractivity contribution in [2.75, 3.05) is 19.6 Å². The van der Waals surface area contributed by atoms with Gasteiger partial charge in [0.1, 0.15) is 17.1 Å². The van der Waals surface area contributed by atoms with Gasteiger partial charge in [0.15, 0.2) is 0 Å². The van der Waals surface area contributed by atoms with Crippen molar-refractivity contribution in [2.45, 2.75) is 59.3 Å². The Bertz CT molecular complexity index is 477. The van der Waals surface area contributed by atoms with Crippen molar-refractivity contribution in [3.8, 4) is 0 Å². The van der Waals surface area contributed by atoms with Crippen molar-refractivity contribution in [3.05, 3.63) is 23.7 Å². The highest BCUT2D eigenvalue weighted by Gasteiger charge is 2.22. The predicted octanol–water partition coefficient (Wildman–Crippen LogP) is 2.55. The fourth-order valence-electron chi connectivity index (χ4n) is 2.04. The fraction of sp³-hybridized carbons (Fsp3) is 0.706. The number of nitrogens with zero attached hydrogens (tertiary/aromatic N) is 1. The molecule has 0 saturated carbocycles. The van der Waals surface area contributed by atoms with Gasteiger partial charge in [-0.2, -0.15) is 0 Å². The Morgan fingerprint density at radius 2 is 2.04 bits per heavy atom. The molecule has 0 aliphatic heterocycles. The molecule has 0 aliphatic carbocycles. The van der Waals surface area contributed by atoms with Gasteiger partial charge >= 0.3 is 6.09 Å². The number of carbonyl (C=O) groups excluding carboxylic acids is 1. The standard InChI is InChI=1S/C17H30N2O4/c1-6-14-7-8-15(22-14)11-18-9-10-19(12-13(2)20)16(21)23-17(3,4)5/h7-8,13,18,20H,6,9-12H2,1-5H3. The third-order valence-electron chi connectivity index (χ3n) is 3.06. The highest BCUT2D eigenvalue weighted by atomic mass is 16.6. The Balaban J connectivity index is 2.42. The van der Waals surface area contributed by atoms with E-state index in [2.05, 4.69) is 5.32 Å². The molecule has 2 N–H and O–H groups in total. The first-order valence-corrected chi connectivity index (χ1v) is 8.15. The van der Waals surface area contributed by atoms with E-state index in [1.807, 2.05) is 39.8 Å². The fourth-order valence-corrected chi connectivity index (χ4v) is 2.04. The Labute approximate surface area is 138 Å². The molecule has 0 spiro atoms. The lowest BCUT2D eigenvalue weighted by molar-refractivity contribution is 0.0164. The zero-order valence-electron chi connectivity index (χ0n) is 14.9. The van der Waals surface area contributed by atoms with Gasteiger partial charge < -0.3 is 24.5 Å². The third kappa shape index (κ3) is 8.04. The first-order chi connectivity index (χ1) is 10.7. The second-order valence-corrected chi connectivity index (χ2v) is 6.67. The van der Waals surface area contributed by atoms with Gasteiger partial charge in [0.05, 0.1) is 12.6 Å². The van der Waals surface area contributed by atoms with Crippen molar-refractivity contribution in [1.29, 1.82) is 0 Å². The number of furan rings is 1. The summed E-state index contributed by atoms with van der Waals surface area (Å²) in [7, 11) is 0. The van der Waals surface area contributed by atoms with Gasteiger partial charge in [-0.15, -0.1) is 0 Å². The highest BCUT2D eigenvalue weighted by Crippen LogP contribution is 2.10. The first-order valence-electron chi connectivity index (χ1n) is 8.15. The number of aryl methyl sites for hydroxylation is 1. The second-order valence-electron chi connectivity index (χ2n) is 6.67. The molecule has 0 bridgehead atoms. The van der Waals surface area contributed by atoms with E-state index in [0.717, 1.165) is 17.9 Å². The molecular weight excluding hydrogens is 296 g/mol. The van der Waals surface area contributed by atoms with Crippen LogP contribution in [0.1, 0.15) is 46.1 Å². The third-order valence-corrected chi connectivity index (χ3v) is 3.06. The molecule has 1 heterocycles. The molecule has 23 heavy (non-hydrogen) atoms. The summed E-state index contributed by atoms with van der Waals surface area (Å²) >= 11 is 0. The number of rotatable bonds is 8. The van der Waals surface area contributed by atoms with Crippen LogP contribution in [0.4, 0.5) is 4.79 Å². The van der Waals surface area contributed by atoms with Crippen molar-refractivity contribution in [2.24, 2.45) is 0 Å². The molecule has 0 radical (unpaired) electrons. The van der Waals surface area contributed by atoms with E-state index in [-0.39, 0.29) is 6.54 Å². The minimum Gasteiger partial charge on any atom is -0.465 e. The SMILES string of the molecule is CCc1ccc(CNCCN(CC(C)O)C(=O)OC(C)(C)C)o1. The number of ether oxygens (including phenoxy) is 1. The predicted molar refractivity (Wildman–Crippen MR) is 89.3 cm³/mol. The maximum Gasteiger partial charge on any atom is 0.410 e. The summed E-state index contributed by atoms with van der Waals surface area (Å²) in [5, 5.41) is 12.8. The minimum atomic E-state index is -0.597. The zero-order chi connectivity index (χ0) is 17.5. The van der Waals surface area contributed by atoms with E-state index in [1.165, 1.54) is 4.90 Å². The van der Waals surface area contributed by atoms with Crippen LogP contribution in [0.2, 0.25) is 0 Å². The second kappa shape index (κ2) is 8.93. The Morgan fingerprint density at radius 1 is 1.39 bits per heavy atom. The Kier molecular flexibility index (Phi) is 7.58. The van der Waals surface area contributed by atoms with Crippen LogP contribution < -0.4 is 5.32 Å². The average Bonchev–Trinajstić information content (AvgIpc) is 2.87. The average molecular weight is 326 g/mol. The molecule has 0 saturated heterocycles. The molecule has 0 aliphatic rings. The van der Waals surface area contributed by atoms with Crippen LogP contribution in [0.5, 0.6) is 0 Å². The Morgan fingerprint density at radius 3 is 2.57 bits per heavy atom. The van der Waals surface area contributed by atoms with Crippen molar-refractivity contribution >= 4 is 6.09 Å². The summed E-state index contributed by atoms with van der Waals surface area (Å²) in [6.07, 6.45) is -0.132. The molecule has 1 aromatic rings. The van der Waals surface area contributed by atoms with Crippen LogP contribution in [0.25, 0.3) is 0 Å². The monoisotopic (exact) mass is 326 g/mol. The van der Waals surface area contributed by atoms with Crippen LogP contribution in [0, 0.1) is 0 Å². The van der Waals surface area contributed by atoms with E-state index in [9.17, 15) is 9.90 Å². The summed E-state index contributed by atoms with van der Waals surface area (Å²) in [6, 6.07) is 3.92. The van der Waals surface area contributed by atoms with E-state index in [4.69, 9.17) is 9.15 Å². The molecule has 1 amide bonds. The number of nitrogens with one attached hydrogen (secondary N) is 1. The number of aliphatic hydroxyl groups is 1. The molecule has 1 rings (SSSR count). The van der Waals surface area contributed by atoms with Gasteiger partial charge in [0, 0.05) is 26.1 Å². The van der Waals surface area contributed by atoms with Gasteiger partial charge in [-0.25, -0.2) is 4.79 Å². The molecule has 1 unspecified atom stereocenters. The lowest BCUT2D eigenvalue weighted by Gasteiger charge is -2.28. The summed E-state index contributed by atoms with van der Waals surface area (Å²) in [6.45, 7) is 11.1. The van der Waals surface area contributed by atoms with E-state index in [0.29, 0.717) is 19.6 Å². The lowest BCUT2D eigenvalue weighted by Crippen LogP contribution is -2.43. The van der Waals surface area contributed by atoms with Gasteiger partial charge in [0.2, 0.25) is 0 Å². The summed E-state index contributed by atoms with van der Waals surface area (Å²) in [4.78, 5) is 13.7. The summed E-state index contributed by atoms with van der Waals surface area (Å²) in [5.41, 5.74) is -0.549. The number of amides is 1. The normalized spacial score (nSPS) is 13.0. The molecular formula is C17H30N2O4. The smallest absolute Gasteiger partial charge is 0.410 e. The van der Waals surface area contributed by atoms with Crippen LogP contribution in [0.3, 0.4) is 0 Å². The van der Waals surface area contributed by atoms with Crippen molar-refractivity contribution < 1.29 is 19.1 Å². The number of carbonyl (C=O) groups is 1. The molecule has 1 aromatic heterocycles. The lowest BCUT2D eigenvalue weighted by atomic mass is 10.2. The van der Waals surface area contributed by atoms with Crippen LogP contribution in [0.15, 0.2) is 16.5 Å².